The predicted octanol–water partition coefficient (Wildman–Crippen LogP) is 1.78. The molecule has 1 aromatic carbocycles. The van der Waals surface area contributed by atoms with Crippen molar-refractivity contribution in [2.24, 2.45) is 7.05 Å². The highest BCUT2D eigenvalue weighted by molar-refractivity contribution is 5.79. The van der Waals surface area contributed by atoms with E-state index in [1.807, 2.05) is 25.0 Å². The third-order valence-corrected chi connectivity index (χ3v) is 3.12. The molecule has 3 rings (SSSR count). The van der Waals surface area contributed by atoms with Crippen molar-refractivity contribution in [3.63, 3.8) is 0 Å². The zero-order valence-electron chi connectivity index (χ0n) is 10.9. The maximum Gasteiger partial charge on any atom is 0.167 e. The number of hydrogen-bond donors (Lipinski definition) is 1. The Bertz CT molecular complexity index is 715. The largest absolute Gasteiger partial charge is 0.381 e. The summed E-state index contributed by atoms with van der Waals surface area (Å²) >= 11 is 0. The molecule has 3 aromatic rings. The highest BCUT2D eigenvalue weighted by atomic mass is 16.5. The fourth-order valence-electron chi connectivity index (χ4n) is 2.09. The molecule has 0 aliphatic heterocycles. The van der Waals surface area contributed by atoms with Crippen LogP contribution in [0.25, 0.3) is 11.0 Å². The monoisotopic (exact) mass is 257 g/mol. The summed E-state index contributed by atoms with van der Waals surface area (Å²) in [6.45, 7) is 0.614. The van der Waals surface area contributed by atoms with Gasteiger partial charge in [0.1, 0.15) is 0 Å². The molecule has 0 saturated carbocycles. The van der Waals surface area contributed by atoms with Gasteiger partial charge >= 0.3 is 0 Å². The number of aromatic nitrogens is 3. The van der Waals surface area contributed by atoms with Gasteiger partial charge in [-0.3, -0.25) is 0 Å². The van der Waals surface area contributed by atoms with E-state index in [0.717, 1.165) is 22.5 Å². The number of aryl methyl sites for hydroxylation is 1. The average molecular weight is 257 g/mol. The van der Waals surface area contributed by atoms with Crippen LogP contribution in [0.3, 0.4) is 0 Å². The molecule has 6 heteroatoms. The maximum atomic E-state index is 5.53. The first-order valence-electron chi connectivity index (χ1n) is 5.97. The standard InChI is InChI=1S/C13H15N5O/c1-17(7-10-6-13(14)16-19-10)9-3-4-12-11(5-9)15-8-18(12)2/h3-6,8H,7H2,1-2H3,(H2,14,16). The summed E-state index contributed by atoms with van der Waals surface area (Å²) in [6.07, 6.45) is 1.81. The molecule has 0 unspecified atom stereocenters. The fraction of sp³-hybridized carbons (Fsp3) is 0.231. The minimum absolute atomic E-state index is 0.406. The first kappa shape index (κ1) is 11.6. The van der Waals surface area contributed by atoms with Crippen LogP contribution in [0.15, 0.2) is 35.1 Å². The molecule has 0 fully saturated rings. The first-order valence-corrected chi connectivity index (χ1v) is 5.97. The van der Waals surface area contributed by atoms with Crippen LogP contribution in [-0.2, 0) is 13.6 Å². The summed E-state index contributed by atoms with van der Waals surface area (Å²) in [5.74, 6) is 1.14. The van der Waals surface area contributed by atoms with Crippen molar-refractivity contribution in [3.8, 4) is 0 Å². The first-order chi connectivity index (χ1) is 9.13. The maximum absolute atomic E-state index is 5.53. The van der Waals surface area contributed by atoms with Crippen molar-refractivity contribution in [3.05, 3.63) is 36.4 Å². The van der Waals surface area contributed by atoms with Gasteiger partial charge in [-0.25, -0.2) is 4.98 Å². The Labute approximate surface area is 110 Å². The second-order valence-electron chi connectivity index (χ2n) is 4.60. The Morgan fingerprint density at radius 1 is 1.37 bits per heavy atom. The molecule has 6 nitrogen and oxygen atoms in total. The van der Waals surface area contributed by atoms with Crippen molar-refractivity contribution in [1.82, 2.24) is 14.7 Å². The highest BCUT2D eigenvalue weighted by Crippen LogP contribution is 2.21. The molecule has 2 N–H and O–H groups in total. The third kappa shape index (κ3) is 2.12. The SMILES string of the molecule is CN(Cc1cc(N)no1)c1ccc2c(c1)ncn2C. The molecule has 0 aliphatic carbocycles. The molecule has 19 heavy (non-hydrogen) atoms. The minimum Gasteiger partial charge on any atom is -0.381 e. The summed E-state index contributed by atoms with van der Waals surface area (Å²) in [5.41, 5.74) is 8.69. The van der Waals surface area contributed by atoms with Crippen LogP contribution in [0.5, 0.6) is 0 Å². The molecular weight excluding hydrogens is 242 g/mol. The molecular formula is C13H15N5O. The molecule has 0 amide bonds. The number of fused-ring (bicyclic) bond motifs is 1. The molecule has 0 atom stereocenters. The van der Waals surface area contributed by atoms with Gasteiger partial charge in [0, 0.05) is 25.8 Å². The van der Waals surface area contributed by atoms with Gasteiger partial charge < -0.3 is 19.7 Å². The summed E-state index contributed by atoms with van der Waals surface area (Å²) in [5, 5.41) is 3.68. The van der Waals surface area contributed by atoms with Crippen molar-refractivity contribution < 1.29 is 4.52 Å². The van der Waals surface area contributed by atoms with Gasteiger partial charge in [0.05, 0.1) is 23.9 Å². The summed E-state index contributed by atoms with van der Waals surface area (Å²) < 4.78 is 7.11. The van der Waals surface area contributed by atoms with Crippen LogP contribution in [-0.4, -0.2) is 21.8 Å². The summed E-state index contributed by atoms with van der Waals surface area (Å²) in [6, 6.07) is 7.90. The van der Waals surface area contributed by atoms with Crippen molar-refractivity contribution >= 4 is 22.5 Å². The predicted molar refractivity (Wildman–Crippen MR) is 73.7 cm³/mol. The van der Waals surface area contributed by atoms with E-state index in [0.29, 0.717) is 12.4 Å². The molecule has 0 spiro atoms. The van der Waals surface area contributed by atoms with Crippen LogP contribution in [0.1, 0.15) is 5.76 Å². The molecule has 0 saturated heterocycles. The normalized spacial score (nSPS) is 11.1. The van der Waals surface area contributed by atoms with Crippen molar-refractivity contribution in [2.45, 2.75) is 6.54 Å². The lowest BCUT2D eigenvalue weighted by Crippen LogP contribution is -2.15. The van der Waals surface area contributed by atoms with Crippen LogP contribution < -0.4 is 10.6 Å². The summed E-state index contributed by atoms with van der Waals surface area (Å²) in [7, 11) is 3.97. The Morgan fingerprint density at radius 3 is 2.95 bits per heavy atom. The van der Waals surface area contributed by atoms with Crippen molar-refractivity contribution in [2.75, 3.05) is 17.7 Å². The van der Waals surface area contributed by atoms with E-state index in [1.165, 1.54) is 0 Å². The Morgan fingerprint density at radius 2 is 2.21 bits per heavy atom. The van der Waals surface area contributed by atoms with Crippen LogP contribution in [0.4, 0.5) is 11.5 Å². The van der Waals surface area contributed by atoms with Gasteiger partial charge in [0.15, 0.2) is 11.6 Å². The van der Waals surface area contributed by atoms with Gasteiger partial charge in [-0.15, -0.1) is 0 Å². The zero-order chi connectivity index (χ0) is 13.4. The van der Waals surface area contributed by atoms with Gasteiger partial charge in [-0.2, -0.15) is 0 Å². The molecule has 2 heterocycles. The molecule has 98 valence electrons. The topological polar surface area (TPSA) is 73.1 Å². The molecule has 0 bridgehead atoms. The lowest BCUT2D eigenvalue weighted by molar-refractivity contribution is 0.385. The number of anilines is 2. The fourth-order valence-corrected chi connectivity index (χ4v) is 2.09. The second-order valence-corrected chi connectivity index (χ2v) is 4.60. The van der Waals surface area contributed by atoms with E-state index in [1.54, 1.807) is 6.07 Å². The van der Waals surface area contributed by atoms with E-state index in [-0.39, 0.29) is 0 Å². The van der Waals surface area contributed by atoms with E-state index in [4.69, 9.17) is 10.3 Å². The van der Waals surface area contributed by atoms with E-state index in [9.17, 15) is 0 Å². The average Bonchev–Trinajstić information content (AvgIpc) is 2.96. The van der Waals surface area contributed by atoms with Gasteiger partial charge in [0.25, 0.3) is 0 Å². The van der Waals surface area contributed by atoms with E-state index >= 15 is 0 Å². The Kier molecular flexibility index (Phi) is 2.63. The molecule has 0 aliphatic rings. The lowest BCUT2D eigenvalue weighted by atomic mass is 10.2. The number of nitrogens with zero attached hydrogens (tertiary/aromatic N) is 4. The minimum atomic E-state index is 0.406. The summed E-state index contributed by atoms with van der Waals surface area (Å²) in [4.78, 5) is 6.42. The number of hydrogen-bond acceptors (Lipinski definition) is 5. The second kappa shape index (κ2) is 4.31. The van der Waals surface area contributed by atoms with Crippen LogP contribution >= 0.6 is 0 Å². The number of rotatable bonds is 3. The van der Waals surface area contributed by atoms with E-state index in [2.05, 4.69) is 33.2 Å². The molecule has 2 aromatic heterocycles. The Balaban J connectivity index is 1.86. The van der Waals surface area contributed by atoms with Crippen molar-refractivity contribution in [1.29, 1.82) is 0 Å². The van der Waals surface area contributed by atoms with Crippen LogP contribution in [0.2, 0.25) is 0 Å². The van der Waals surface area contributed by atoms with Gasteiger partial charge in [-0.1, -0.05) is 5.16 Å². The highest BCUT2D eigenvalue weighted by Gasteiger charge is 2.08. The zero-order valence-corrected chi connectivity index (χ0v) is 10.9. The number of imidazole rings is 1. The Hall–Kier alpha value is -2.50. The van der Waals surface area contributed by atoms with E-state index < -0.39 is 0 Å². The number of nitrogens with two attached hydrogens (primary N) is 1. The van der Waals surface area contributed by atoms with Gasteiger partial charge in [-0.05, 0) is 18.2 Å². The van der Waals surface area contributed by atoms with Gasteiger partial charge in [0.2, 0.25) is 0 Å². The smallest absolute Gasteiger partial charge is 0.167 e. The third-order valence-electron chi connectivity index (χ3n) is 3.12. The number of benzene rings is 1. The van der Waals surface area contributed by atoms with Crippen LogP contribution in [0, 0.1) is 0 Å². The lowest BCUT2D eigenvalue weighted by Gasteiger charge is -2.17. The quantitative estimate of drug-likeness (QED) is 0.774. The number of nitrogen functional groups attached to an aromatic ring is 1. The molecule has 0 radical (unpaired) electrons.